The van der Waals surface area contributed by atoms with Gasteiger partial charge in [0.25, 0.3) is 0 Å². The van der Waals surface area contributed by atoms with Crippen molar-refractivity contribution in [2.45, 2.75) is 39.2 Å². The van der Waals surface area contributed by atoms with E-state index in [9.17, 15) is 14.0 Å². The molecule has 1 fully saturated rings. The fourth-order valence-corrected chi connectivity index (χ4v) is 2.10. The first kappa shape index (κ1) is 16.3. The molecule has 0 aromatic heterocycles. The molecular formula is C16H20FNO4. The highest BCUT2D eigenvalue weighted by Gasteiger charge is 2.24. The molecule has 6 heteroatoms. The summed E-state index contributed by atoms with van der Waals surface area (Å²) >= 11 is 0. The zero-order valence-electron chi connectivity index (χ0n) is 13.0. The number of rotatable bonds is 4. The Hall–Kier alpha value is -2.11. The highest BCUT2D eigenvalue weighted by atomic mass is 19.1. The van der Waals surface area contributed by atoms with Crippen LogP contribution in [-0.4, -0.2) is 35.7 Å². The van der Waals surface area contributed by atoms with Crippen LogP contribution in [0.1, 0.15) is 44.0 Å². The highest BCUT2D eigenvalue weighted by molar-refractivity contribution is 5.90. The number of carbonyl (C=O) groups is 2. The Bertz CT molecular complexity index is 580. The van der Waals surface area contributed by atoms with Gasteiger partial charge in [-0.05, 0) is 39.3 Å². The Morgan fingerprint density at radius 3 is 2.68 bits per heavy atom. The first-order valence-electron chi connectivity index (χ1n) is 7.20. The lowest BCUT2D eigenvalue weighted by Gasteiger charge is -2.20. The molecule has 0 atom stereocenters. The number of ether oxygens (including phenoxy) is 2. The summed E-state index contributed by atoms with van der Waals surface area (Å²) in [5, 5.41) is 0. The second-order valence-electron chi connectivity index (χ2n) is 6.15. The third kappa shape index (κ3) is 3.96. The number of hydrogen-bond donors (Lipinski definition) is 0. The van der Waals surface area contributed by atoms with Gasteiger partial charge in [0, 0.05) is 13.0 Å². The quantitative estimate of drug-likeness (QED) is 0.803. The van der Waals surface area contributed by atoms with Gasteiger partial charge in [0.1, 0.15) is 5.60 Å². The van der Waals surface area contributed by atoms with Crippen LogP contribution in [0.3, 0.4) is 0 Å². The van der Waals surface area contributed by atoms with Crippen molar-refractivity contribution < 1.29 is 23.5 Å². The van der Waals surface area contributed by atoms with E-state index < -0.39 is 17.4 Å². The molecule has 0 radical (unpaired) electrons. The smallest absolute Gasteiger partial charge is 0.341 e. The molecule has 1 saturated heterocycles. The number of nitrogens with zero attached hydrogens (tertiary/aromatic N) is 1. The van der Waals surface area contributed by atoms with Crippen molar-refractivity contribution in [3.05, 3.63) is 29.6 Å². The molecule has 1 aromatic rings. The van der Waals surface area contributed by atoms with E-state index in [2.05, 4.69) is 0 Å². The third-order valence-corrected chi connectivity index (χ3v) is 3.13. The number of amides is 1. The van der Waals surface area contributed by atoms with Crippen LogP contribution in [0, 0.1) is 5.82 Å². The number of esters is 1. The fourth-order valence-electron chi connectivity index (χ4n) is 2.10. The number of benzene rings is 1. The summed E-state index contributed by atoms with van der Waals surface area (Å²) in [5.74, 6) is -1.59. The molecule has 1 aliphatic heterocycles. The summed E-state index contributed by atoms with van der Waals surface area (Å²) in [5.41, 5.74) is -0.886. The molecule has 0 unspecified atom stereocenters. The van der Waals surface area contributed by atoms with Gasteiger partial charge in [0.2, 0.25) is 5.91 Å². The molecule has 2 rings (SSSR count). The van der Waals surface area contributed by atoms with Crippen LogP contribution >= 0.6 is 0 Å². The molecule has 0 N–H and O–H groups in total. The van der Waals surface area contributed by atoms with Gasteiger partial charge >= 0.3 is 5.97 Å². The summed E-state index contributed by atoms with van der Waals surface area (Å²) in [7, 11) is 0. The summed E-state index contributed by atoms with van der Waals surface area (Å²) < 4.78 is 24.8. The molecule has 0 spiro atoms. The maximum atomic E-state index is 14.3. The Labute approximate surface area is 129 Å². The topological polar surface area (TPSA) is 55.8 Å². The van der Waals surface area contributed by atoms with Crippen molar-refractivity contribution in [1.29, 1.82) is 0 Å². The van der Waals surface area contributed by atoms with Crippen molar-refractivity contribution in [3.63, 3.8) is 0 Å². The predicted octanol–water partition coefficient (Wildman–Crippen LogP) is 2.74. The standard InChI is InChI=1S/C16H20FNO4/c1-16(2,3)22-15(20)11-6-4-7-12(14(11)17)21-10-18-9-5-8-13(18)19/h4,6-7H,5,8-10H2,1-3H3. The summed E-state index contributed by atoms with van der Waals surface area (Å²) in [6.07, 6.45) is 1.27. The van der Waals surface area contributed by atoms with E-state index in [1.807, 2.05) is 0 Å². The molecule has 1 aliphatic rings. The maximum absolute atomic E-state index is 14.3. The van der Waals surface area contributed by atoms with E-state index in [0.717, 1.165) is 6.42 Å². The molecule has 1 heterocycles. The fraction of sp³-hybridized carbons (Fsp3) is 0.500. The van der Waals surface area contributed by atoms with E-state index in [1.54, 1.807) is 20.8 Å². The van der Waals surface area contributed by atoms with E-state index in [4.69, 9.17) is 9.47 Å². The first-order valence-corrected chi connectivity index (χ1v) is 7.20. The van der Waals surface area contributed by atoms with Crippen molar-refractivity contribution in [1.82, 2.24) is 4.90 Å². The van der Waals surface area contributed by atoms with E-state index in [0.29, 0.717) is 13.0 Å². The maximum Gasteiger partial charge on any atom is 0.341 e. The van der Waals surface area contributed by atoms with Crippen LogP contribution < -0.4 is 4.74 Å². The molecule has 0 aliphatic carbocycles. The molecule has 1 aromatic carbocycles. The lowest BCUT2D eigenvalue weighted by molar-refractivity contribution is -0.130. The average Bonchev–Trinajstić information content (AvgIpc) is 2.81. The molecule has 1 amide bonds. The van der Waals surface area contributed by atoms with Crippen LogP contribution in [0.2, 0.25) is 0 Å². The van der Waals surface area contributed by atoms with Gasteiger partial charge in [0.05, 0.1) is 5.56 Å². The van der Waals surface area contributed by atoms with Crippen LogP contribution in [0.15, 0.2) is 18.2 Å². The molecular weight excluding hydrogens is 289 g/mol. The van der Waals surface area contributed by atoms with Gasteiger partial charge < -0.3 is 14.4 Å². The monoisotopic (exact) mass is 309 g/mol. The van der Waals surface area contributed by atoms with E-state index in [1.165, 1.54) is 23.1 Å². The third-order valence-electron chi connectivity index (χ3n) is 3.13. The van der Waals surface area contributed by atoms with Gasteiger partial charge in [-0.2, -0.15) is 0 Å². The van der Waals surface area contributed by atoms with Gasteiger partial charge in [-0.3, -0.25) is 4.79 Å². The largest absolute Gasteiger partial charge is 0.470 e. The second-order valence-corrected chi connectivity index (χ2v) is 6.15. The van der Waals surface area contributed by atoms with Crippen LogP contribution in [0.5, 0.6) is 5.75 Å². The zero-order valence-corrected chi connectivity index (χ0v) is 13.0. The van der Waals surface area contributed by atoms with Gasteiger partial charge in [-0.15, -0.1) is 0 Å². The number of halogens is 1. The minimum Gasteiger partial charge on any atom is -0.470 e. The summed E-state index contributed by atoms with van der Waals surface area (Å²) in [4.78, 5) is 25.0. The lowest BCUT2D eigenvalue weighted by Crippen LogP contribution is -2.29. The molecule has 0 saturated carbocycles. The van der Waals surface area contributed by atoms with Crippen LogP contribution in [-0.2, 0) is 9.53 Å². The molecule has 22 heavy (non-hydrogen) atoms. The van der Waals surface area contributed by atoms with E-state index >= 15 is 0 Å². The van der Waals surface area contributed by atoms with E-state index in [-0.39, 0.29) is 24.0 Å². The summed E-state index contributed by atoms with van der Waals surface area (Å²) in [6.45, 7) is 5.71. The zero-order chi connectivity index (χ0) is 16.3. The second kappa shape index (κ2) is 6.34. The van der Waals surface area contributed by atoms with Crippen LogP contribution in [0.4, 0.5) is 4.39 Å². The SMILES string of the molecule is CC(C)(C)OC(=O)c1cccc(OCN2CCCC2=O)c1F. The Balaban J connectivity index is 2.08. The highest BCUT2D eigenvalue weighted by Crippen LogP contribution is 2.23. The average molecular weight is 309 g/mol. The molecule has 120 valence electrons. The van der Waals surface area contributed by atoms with Crippen molar-refractivity contribution in [2.75, 3.05) is 13.3 Å². The Kier molecular flexibility index (Phi) is 4.68. The molecule has 0 bridgehead atoms. The number of carbonyl (C=O) groups excluding carboxylic acids is 2. The minimum atomic E-state index is -0.775. The minimum absolute atomic E-state index is 0.0105. The normalized spacial score (nSPS) is 15.1. The number of hydrogen-bond acceptors (Lipinski definition) is 4. The van der Waals surface area contributed by atoms with Crippen molar-refractivity contribution >= 4 is 11.9 Å². The van der Waals surface area contributed by atoms with Gasteiger partial charge in [0.15, 0.2) is 18.3 Å². The molecule has 5 nitrogen and oxygen atoms in total. The van der Waals surface area contributed by atoms with Gasteiger partial charge in [-0.1, -0.05) is 6.07 Å². The Morgan fingerprint density at radius 2 is 2.09 bits per heavy atom. The van der Waals surface area contributed by atoms with Crippen molar-refractivity contribution in [2.24, 2.45) is 0 Å². The first-order chi connectivity index (χ1) is 10.3. The Morgan fingerprint density at radius 1 is 1.36 bits per heavy atom. The van der Waals surface area contributed by atoms with Gasteiger partial charge in [-0.25, -0.2) is 9.18 Å². The predicted molar refractivity (Wildman–Crippen MR) is 78.0 cm³/mol. The van der Waals surface area contributed by atoms with Crippen molar-refractivity contribution in [3.8, 4) is 5.75 Å². The number of likely N-dealkylation sites (tertiary alicyclic amines) is 1. The summed E-state index contributed by atoms with van der Waals surface area (Å²) in [6, 6.07) is 4.28. The van der Waals surface area contributed by atoms with Crippen LogP contribution in [0.25, 0.3) is 0 Å². The lowest BCUT2D eigenvalue weighted by atomic mass is 10.1.